The van der Waals surface area contributed by atoms with Crippen molar-refractivity contribution in [3.8, 4) is 0 Å². The lowest BCUT2D eigenvalue weighted by molar-refractivity contribution is -0.153. The summed E-state index contributed by atoms with van der Waals surface area (Å²) in [6.07, 6.45) is 13.4. The number of aliphatic hydroxyl groups excluding tert-OH is 1. The highest BCUT2D eigenvalue weighted by molar-refractivity contribution is 5.76. The molecule has 0 radical (unpaired) electrons. The molecule has 1 saturated carbocycles. The van der Waals surface area contributed by atoms with Gasteiger partial charge in [0.2, 0.25) is 0 Å². The number of carbonyl (C=O) groups is 2. The van der Waals surface area contributed by atoms with Crippen LogP contribution in [0.3, 0.4) is 0 Å². The molecule has 1 saturated heterocycles. The minimum atomic E-state index is -0.733. The molecule has 1 heterocycles. The Morgan fingerprint density at radius 1 is 1.23 bits per heavy atom. The Labute approximate surface area is 156 Å². The molecule has 2 N–H and O–H groups in total. The molecule has 2 bridgehead atoms. The minimum absolute atomic E-state index is 0.00547. The molecule has 1 aliphatic heterocycles. The van der Waals surface area contributed by atoms with Crippen molar-refractivity contribution in [1.82, 2.24) is 0 Å². The fourth-order valence-corrected chi connectivity index (χ4v) is 4.39. The first kappa shape index (κ1) is 20.9. The SMILES string of the molecule is CCCCC[C@H](O)/C=C/[C@@H]1[C@@H](CCCCCCC(=O)O)[C@@H]2C[C@H]1OC2=O. The van der Waals surface area contributed by atoms with Gasteiger partial charge < -0.3 is 14.9 Å². The number of rotatable bonds is 13. The second-order valence-corrected chi connectivity index (χ2v) is 7.85. The lowest BCUT2D eigenvalue weighted by Gasteiger charge is -2.28. The number of esters is 1. The van der Waals surface area contributed by atoms with Gasteiger partial charge >= 0.3 is 11.9 Å². The fraction of sp³-hybridized carbons (Fsp3) is 0.810. The third kappa shape index (κ3) is 6.11. The fourth-order valence-electron chi connectivity index (χ4n) is 4.39. The number of carbonyl (C=O) groups excluding carboxylic acids is 1. The van der Waals surface area contributed by atoms with Gasteiger partial charge in [0, 0.05) is 12.3 Å². The van der Waals surface area contributed by atoms with E-state index in [2.05, 4.69) is 13.0 Å². The van der Waals surface area contributed by atoms with Gasteiger partial charge in [0.1, 0.15) is 6.10 Å². The molecule has 0 amide bonds. The molecule has 148 valence electrons. The summed E-state index contributed by atoms with van der Waals surface area (Å²) in [5.41, 5.74) is 0. The Morgan fingerprint density at radius 2 is 2.00 bits per heavy atom. The number of aliphatic carboxylic acids is 1. The smallest absolute Gasteiger partial charge is 0.309 e. The summed E-state index contributed by atoms with van der Waals surface area (Å²) >= 11 is 0. The van der Waals surface area contributed by atoms with Crippen molar-refractivity contribution in [3.05, 3.63) is 12.2 Å². The van der Waals surface area contributed by atoms with Gasteiger partial charge in [0.05, 0.1) is 12.0 Å². The monoisotopic (exact) mass is 366 g/mol. The third-order valence-electron chi connectivity index (χ3n) is 5.83. The molecule has 2 rings (SSSR count). The maximum Gasteiger partial charge on any atom is 0.309 e. The van der Waals surface area contributed by atoms with Crippen LogP contribution in [0.15, 0.2) is 12.2 Å². The van der Waals surface area contributed by atoms with E-state index in [1.165, 1.54) is 0 Å². The summed E-state index contributed by atoms with van der Waals surface area (Å²) in [7, 11) is 0. The van der Waals surface area contributed by atoms with Crippen molar-refractivity contribution >= 4 is 11.9 Å². The molecule has 0 aromatic heterocycles. The topological polar surface area (TPSA) is 83.8 Å². The second kappa shape index (κ2) is 10.7. The molecule has 5 heteroatoms. The Hall–Kier alpha value is -1.36. The predicted molar refractivity (Wildman–Crippen MR) is 99.6 cm³/mol. The maximum atomic E-state index is 12.0. The number of carboxylic acids is 1. The molecule has 5 atom stereocenters. The van der Waals surface area contributed by atoms with E-state index >= 15 is 0 Å². The third-order valence-corrected chi connectivity index (χ3v) is 5.83. The van der Waals surface area contributed by atoms with Crippen LogP contribution in [0.4, 0.5) is 0 Å². The van der Waals surface area contributed by atoms with Crippen LogP contribution in [0.5, 0.6) is 0 Å². The normalized spacial score (nSPS) is 28.6. The highest BCUT2D eigenvalue weighted by Crippen LogP contribution is 2.48. The van der Waals surface area contributed by atoms with E-state index in [9.17, 15) is 14.7 Å². The predicted octanol–water partition coefficient (Wildman–Crippen LogP) is 4.09. The maximum absolute atomic E-state index is 12.0. The van der Waals surface area contributed by atoms with Crippen molar-refractivity contribution in [2.75, 3.05) is 0 Å². The number of hydrogen-bond acceptors (Lipinski definition) is 4. The summed E-state index contributed by atoms with van der Waals surface area (Å²) in [4.78, 5) is 22.5. The van der Waals surface area contributed by atoms with E-state index in [1.807, 2.05) is 6.08 Å². The van der Waals surface area contributed by atoms with Gasteiger partial charge in [-0.15, -0.1) is 0 Å². The summed E-state index contributed by atoms with van der Waals surface area (Å²) in [5.74, 6) is -0.258. The number of ether oxygens (including phenoxy) is 1. The van der Waals surface area contributed by atoms with Gasteiger partial charge in [-0.05, 0) is 31.6 Å². The molecule has 26 heavy (non-hydrogen) atoms. The zero-order valence-electron chi connectivity index (χ0n) is 15.9. The lowest BCUT2D eigenvalue weighted by Crippen LogP contribution is -2.31. The number of aliphatic hydroxyl groups is 1. The molecule has 0 spiro atoms. The largest absolute Gasteiger partial charge is 0.481 e. The summed E-state index contributed by atoms with van der Waals surface area (Å²) in [5, 5.41) is 18.8. The second-order valence-electron chi connectivity index (χ2n) is 7.85. The number of fused-ring (bicyclic) bond motifs is 2. The molecular weight excluding hydrogens is 332 g/mol. The molecule has 1 aliphatic carbocycles. The molecule has 0 aromatic rings. The van der Waals surface area contributed by atoms with Crippen molar-refractivity contribution in [2.45, 2.75) is 89.8 Å². The Bertz CT molecular complexity index is 487. The van der Waals surface area contributed by atoms with Gasteiger partial charge in [-0.2, -0.15) is 0 Å². The van der Waals surface area contributed by atoms with E-state index in [0.717, 1.165) is 64.2 Å². The van der Waals surface area contributed by atoms with Crippen LogP contribution in [-0.4, -0.2) is 34.4 Å². The van der Waals surface area contributed by atoms with Crippen LogP contribution in [0.1, 0.15) is 77.6 Å². The van der Waals surface area contributed by atoms with Gasteiger partial charge in [0.25, 0.3) is 0 Å². The zero-order chi connectivity index (χ0) is 18.9. The highest BCUT2D eigenvalue weighted by atomic mass is 16.6. The van der Waals surface area contributed by atoms with Crippen LogP contribution >= 0.6 is 0 Å². The van der Waals surface area contributed by atoms with Crippen molar-refractivity contribution in [2.24, 2.45) is 17.8 Å². The number of hydrogen-bond donors (Lipinski definition) is 2. The molecule has 2 aliphatic rings. The van der Waals surface area contributed by atoms with Crippen LogP contribution in [0, 0.1) is 17.8 Å². The van der Waals surface area contributed by atoms with Crippen LogP contribution in [-0.2, 0) is 14.3 Å². The first-order valence-electron chi connectivity index (χ1n) is 10.3. The number of unbranched alkanes of at least 4 members (excludes halogenated alkanes) is 5. The highest BCUT2D eigenvalue weighted by Gasteiger charge is 2.52. The Balaban J connectivity index is 1.78. The average molecular weight is 366 g/mol. The summed E-state index contributed by atoms with van der Waals surface area (Å²) in [6, 6.07) is 0. The van der Waals surface area contributed by atoms with E-state index in [0.29, 0.717) is 5.92 Å². The molecular formula is C21H34O5. The average Bonchev–Trinajstić information content (AvgIpc) is 3.13. The van der Waals surface area contributed by atoms with Crippen LogP contribution < -0.4 is 0 Å². The van der Waals surface area contributed by atoms with E-state index < -0.39 is 12.1 Å². The number of carboxylic acid groups (broad SMARTS) is 1. The van der Waals surface area contributed by atoms with Gasteiger partial charge in [-0.3, -0.25) is 9.59 Å². The van der Waals surface area contributed by atoms with Gasteiger partial charge in [-0.1, -0.05) is 57.6 Å². The standard InChI is InChI=1S/C21H34O5/c1-2-3-6-9-15(22)12-13-17-16(18-14-19(17)26-21(18)25)10-7-4-5-8-11-20(23)24/h12-13,15-19,22H,2-11,14H2,1H3,(H,23,24)/b13-12+/t15-,16+,17+,18-,19+/m0/s1. The van der Waals surface area contributed by atoms with Crippen LogP contribution in [0.2, 0.25) is 0 Å². The first-order chi connectivity index (χ1) is 12.5. The van der Waals surface area contributed by atoms with Crippen LogP contribution in [0.25, 0.3) is 0 Å². The minimum Gasteiger partial charge on any atom is -0.481 e. The molecule has 0 unspecified atom stereocenters. The molecule has 2 fully saturated rings. The summed E-state index contributed by atoms with van der Waals surface area (Å²) in [6.45, 7) is 2.15. The summed E-state index contributed by atoms with van der Waals surface area (Å²) < 4.78 is 5.47. The zero-order valence-corrected chi connectivity index (χ0v) is 15.9. The lowest BCUT2D eigenvalue weighted by atomic mass is 9.82. The first-order valence-corrected chi connectivity index (χ1v) is 10.3. The van der Waals surface area contributed by atoms with Crippen molar-refractivity contribution < 1.29 is 24.5 Å². The van der Waals surface area contributed by atoms with Crippen molar-refractivity contribution in [1.29, 1.82) is 0 Å². The van der Waals surface area contributed by atoms with E-state index in [-0.39, 0.29) is 30.3 Å². The quantitative estimate of drug-likeness (QED) is 0.291. The van der Waals surface area contributed by atoms with Gasteiger partial charge in [-0.25, -0.2) is 0 Å². The molecule has 5 nitrogen and oxygen atoms in total. The van der Waals surface area contributed by atoms with E-state index in [4.69, 9.17) is 9.84 Å². The van der Waals surface area contributed by atoms with Gasteiger partial charge in [0.15, 0.2) is 0 Å². The Kier molecular flexibility index (Phi) is 8.63. The Morgan fingerprint density at radius 3 is 2.73 bits per heavy atom. The van der Waals surface area contributed by atoms with Crippen molar-refractivity contribution in [3.63, 3.8) is 0 Å². The molecule has 0 aromatic carbocycles. The van der Waals surface area contributed by atoms with E-state index in [1.54, 1.807) is 0 Å².